The number of nitrogens with zero attached hydrogens (tertiary/aromatic N) is 2. The molecule has 0 aliphatic carbocycles. The first-order valence-electron chi connectivity index (χ1n) is 7.00. The van der Waals surface area contributed by atoms with E-state index in [-0.39, 0.29) is 36.4 Å². The van der Waals surface area contributed by atoms with Crippen molar-refractivity contribution in [1.82, 2.24) is 9.80 Å². The third-order valence-electron chi connectivity index (χ3n) is 3.97. The summed E-state index contributed by atoms with van der Waals surface area (Å²) in [7, 11) is 1.38. The summed E-state index contributed by atoms with van der Waals surface area (Å²) in [5.74, 6) is -2.37. The van der Waals surface area contributed by atoms with E-state index in [1.165, 1.54) is 30.1 Å². The quantitative estimate of drug-likeness (QED) is 0.760. The first-order chi connectivity index (χ1) is 10.9. The van der Waals surface area contributed by atoms with Crippen LogP contribution < -0.4 is 0 Å². The zero-order valence-electron chi connectivity index (χ0n) is 12.3. The second-order valence-corrected chi connectivity index (χ2v) is 5.38. The summed E-state index contributed by atoms with van der Waals surface area (Å²) in [6.45, 7) is 0.346. The molecule has 0 spiro atoms. The van der Waals surface area contributed by atoms with Crippen molar-refractivity contribution in [3.63, 3.8) is 0 Å². The van der Waals surface area contributed by atoms with Crippen molar-refractivity contribution >= 4 is 23.7 Å². The predicted molar refractivity (Wildman–Crippen MR) is 76.1 cm³/mol. The van der Waals surface area contributed by atoms with Crippen molar-refractivity contribution in [3.8, 4) is 0 Å². The van der Waals surface area contributed by atoms with Gasteiger partial charge in [-0.05, 0) is 18.2 Å². The van der Waals surface area contributed by atoms with Crippen LogP contribution in [0.2, 0.25) is 0 Å². The summed E-state index contributed by atoms with van der Waals surface area (Å²) >= 11 is 0. The summed E-state index contributed by atoms with van der Waals surface area (Å²) < 4.78 is 5.08. The summed E-state index contributed by atoms with van der Waals surface area (Å²) in [6.07, 6.45) is -1.06. The predicted octanol–water partition coefficient (Wildman–Crippen LogP) is -0.162. The zero-order chi connectivity index (χ0) is 16.7. The van der Waals surface area contributed by atoms with E-state index in [0.717, 1.165) is 4.90 Å². The number of morpholine rings is 1. The molecule has 3 rings (SSSR count). The van der Waals surface area contributed by atoms with Crippen molar-refractivity contribution < 1.29 is 29.0 Å². The number of rotatable bonds is 2. The molecule has 1 saturated heterocycles. The largest absolute Gasteiger partial charge is 0.479 e. The summed E-state index contributed by atoms with van der Waals surface area (Å²) in [5.41, 5.74) is 0.692. The SMILES string of the molecule is CN1C(=O)c2ccc(C(=O)N3CCOC(C(=O)O)C3)cc2C1=O. The Labute approximate surface area is 131 Å². The maximum Gasteiger partial charge on any atom is 0.334 e. The van der Waals surface area contributed by atoms with Crippen LogP contribution in [0.4, 0.5) is 0 Å². The van der Waals surface area contributed by atoms with Gasteiger partial charge in [-0.2, -0.15) is 0 Å². The zero-order valence-corrected chi connectivity index (χ0v) is 12.3. The number of hydrogen-bond acceptors (Lipinski definition) is 5. The van der Waals surface area contributed by atoms with Crippen molar-refractivity contribution in [1.29, 1.82) is 0 Å². The highest BCUT2D eigenvalue weighted by atomic mass is 16.5. The molecule has 23 heavy (non-hydrogen) atoms. The molecule has 0 radical (unpaired) electrons. The van der Waals surface area contributed by atoms with E-state index in [9.17, 15) is 19.2 Å². The van der Waals surface area contributed by atoms with Crippen molar-refractivity contribution in [2.45, 2.75) is 6.10 Å². The van der Waals surface area contributed by atoms with E-state index in [0.29, 0.717) is 0 Å². The number of carboxylic acid groups (broad SMARTS) is 1. The molecule has 3 amide bonds. The Hall–Kier alpha value is -2.74. The number of carbonyl (C=O) groups is 4. The number of carbonyl (C=O) groups excluding carboxylic acids is 3. The lowest BCUT2D eigenvalue weighted by atomic mass is 10.0. The number of benzene rings is 1. The molecule has 1 atom stereocenters. The van der Waals surface area contributed by atoms with Gasteiger partial charge in [0.15, 0.2) is 6.10 Å². The van der Waals surface area contributed by atoms with Crippen LogP contribution in [0.25, 0.3) is 0 Å². The smallest absolute Gasteiger partial charge is 0.334 e. The third kappa shape index (κ3) is 2.46. The van der Waals surface area contributed by atoms with Crippen molar-refractivity contribution in [3.05, 3.63) is 34.9 Å². The molecular weight excluding hydrogens is 304 g/mol. The molecule has 0 saturated carbocycles. The Morgan fingerprint density at radius 3 is 2.61 bits per heavy atom. The topological polar surface area (TPSA) is 104 Å². The monoisotopic (exact) mass is 318 g/mol. The Morgan fingerprint density at radius 1 is 1.22 bits per heavy atom. The highest BCUT2D eigenvalue weighted by Gasteiger charge is 2.34. The van der Waals surface area contributed by atoms with Gasteiger partial charge in [-0.3, -0.25) is 19.3 Å². The highest BCUT2D eigenvalue weighted by Crippen LogP contribution is 2.23. The summed E-state index contributed by atoms with van der Waals surface area (Å²) in [6, 6.07) is 4.30. The maximum absolute atomic E-state index is 12.5. The summed E-state index contributed by atoms with van der Waals surface area (Å²) in [4.78, 5) is 49.7. The minimum atomic E-state index is -1.13. The third-order valence-corrected chi connectivity index (χ3v) is 3.97. The lowest BCUT2D eigenvalue weighted by Gasteiger charge is -2.31. The van der Waals surface area contributed by atoms with E-state index in [1.54, 1.807) is 0 Å². The van der Waals surface area contributed by atoms with E-state index in [2.05, 4.69) is 0 Å². The van der Waals surface area contributed by atoms with Crippen LogP contribution in [0.3, 0.4) is 0 Å². The van der Waals surface area contributed by atoms with Gasteiger partial charge < -0.3 is 14.7 Å². The molecule has 8 heteroatoms. The standard InChI is InChI=1S/C15H14N2O6/c1-16-13(19)9-3-2-8(6-10(9)14(16)20)12(18)17-4-5-23-11(7-17)15(21)22/h2-3,6,11H,4-5,7H2,1H3,(H,21,22). The van der Waals surface area contributed by atoms with Crippen LogP contribution >= 0.6 is 0 Å². The molecule has 2 aliphatic heterocycles. The van der Waals surface area contributed by atoms with Gasteiger partial charge in [-0.1, -0.05) is 0 Å². The molecular formula is C15H14N2O6. The van der Waals surface area contributed by atoms with Gasteiger partial charge >= 0.3 is 5.97 Å². The molecule has 120 valence electrons. The van der Waals surface area contributed by atoms with Crippen molar-refractivity contribution in [2.24, 2.45) is 0 Å². The summed E-state index contributed by atoms with van der Waals surface area (Å²) in [5, 5.41) is 8.98. The second kappa shape index (κ2) is 5.47. The van der Waals surface area contributed by atoms with Gasteiger partial charge in [-0.25, -0.2) is 4.79 Å². The van der Waals surface area contributed by atoms with Gasteiger partial charge in [0.2, 0.25) is 0 Å². The van der Waals surface area contributed by atoms with Gasteiger partial charge in [0.1, 0.15) is 0 Å². The molecule has 1 N–H and O–H groups in total. The molecule has 0 bridgehead atoms. The van der Waals surface area contributed by atoms with Crippen LogP contribution in [0.15, 0.2) is 18.2 Å². The van der Waals surface area contributed by atoms with E-state index < -0.39 is 29.8 Å². The number of fused-ring (bicyclic) bond motifs is 1. The Balaban J connectivity index is 1.86. The minimum Gasteiger partial charge on any atom is -0.479 e. The number of carboxylic acids is 1. The average Bonchev–Trinajstić information content (AvgIpc) is 2.78. The first kappa shape index (κ1) is 15.2. The normalized spacial score (nSPS) is 20.7. The number of ether oxygens (including phenoxy) is 1. The molecule has 2 heterocycles. The van der Waals surface area contributed by atoms with Gasteiger partial charge in [0.25, 0.3) is 17.7 Å². The molecule has 1 fully saturated rings. The lowest BCUT2D eigenvalue weighted by molar-refractivity contribution is -0.154. The lowest BCUT2D eigenvalue weighted by Crippen LogP contribution is -2.48. The molecule has 1 aromatic carbocycles. The fourth-order valence-corrected chi connectivity index (χ4v) is 2.66. The van der Waals surface area contributed by atoms with E-state index in [1.807, 2.05) is 0 Å². The molecule has 1 unspecified atom stereocenters. The van der Waals surface area contributed by atoms with E-state index in [4.69, 9.17) is 9.84 Å². The second-order valence-electron chi connectivity index (χ2n) is 5.38. The molecule has 2 aliphatic rings. The first-order valence-corrected chi connectivity index (χ1v) is 7.00. The fraction of sp³-hybridized carbons (Fsp3) is 0.333. The van der Waals surface area contributed by atoms with Crippen LogP contribution in [-0.2, 0) is 9.53 Å². The number of aliphatic carboxylic acids is 1. The Morgan fingerprint density at radius 2 is 1.91 bits per heavy atom. The Bertz CT molecular complexity index is 729. The minimum absolute atomic E-state index is 0.0575. The number of amides is 3. The number of hydrogen-bond donors (Lipinski definition) is 1. The average molecular weight is 318 g/mol. The van der Waals surface area contributed by atoms with Crippen LogP contribution in [0.1, 0.15) is 31.1 Å². The fourth-order valence-electron chi connectivity index (χ4n) is 2.66. The van der Waals surface area contributed by atoms with Gasteiger partial charge in [-0.15, -0.1) is 0 Å². The van der Waals surface area contributed by atoms with Crippen LogP contribution in [-0.4, -0.2) is 71.4 Å². The van der Waals surface area contributed by atoms with E-state index >= 15 is 0 Å². The maximum atomic E-state index is 12.5. The number of imide groups is 1. The van der Waals surface area contributed by atoms with Gasteiger partial charge in [0, 0.05) is 19.2 Å². The van der Waals surface area contributed by atoms with Crippen LogP contribution in [0.5, 0.6) is 0 Å². The van der Waals surface area contributed by atoms with Gasteiger partial charge in [0.05, 0.1) is 24.3 Å². The van der Waals surface area contributed by atoms with Crippen LogP contribution in [0, 0.1) is 0 Å². The highest BCUT2D eigenvalue weighted by molar-refractivity contribution is 6.21. The van der Waals surface area contributed by atoms with Crippen molar-refractivity contribution in [2.75, 3.05) is 26.7 Å². The molecule has 0 aromatic heterocycles. The Kier molecular flexibility index (Phi) is 3.61. The molecule has 1 aromatic rings. The molecule has 8 nitrogen and oxygen atoms in total.